The number of nitro groups is 1. The summed E-state index contributed by atoms with van der Waals surface area (Å²) in [6.45, 7) is 3.90. The zero-order valence-corrected chi connectivity index (χ0v) is 12.9. The Kier molecular flexibility index (Phi) is 4.46. The van der Waals surface area contributed by atoms with Crippen molar-refractivity contribution in [1.29, 1.82) is 0 Å². The summed E-state index contributed by atoms with van der Waals surface area (Å²) in [5.74, 6) is -0.598. The Labute approximate surface area is 127 Å². The average Bonchev–Trinajstić information content (AvgIpc) is 2.85. The zero-order valence-electron chi connectivity index (χ0n) is 12.9. The molecule has 0 aliphatic carbocycles. The number of hydrogen-bond donors (Lipinski definition) is 1. The normalized spacial score (nSPS) is 11.1. The molecule has 0 radical (unpaired) electrons. The summed E-state index contributed by atoms with van der Waals surface area (Å²) in [5.41, 5.74) is 1.68. The molecule has 2 aromatic rings. The highest BCUT2D eigenvalue weighted by molar-refractivity contribution is 6.10. The first-order valence-electron chi connectivity index (χ1n) is 6.81. The minimum absolute atomic E-state index is 0.00743. The van der Waals surface area contributed by atoms with Crippen LogP contribution >= 0.6 is 0 Å². The molecule has 1 aromatic heterocycles. The van der Waals surface area contributed by atoms with E-state index in [-0.39, 0.29) is 29.2 Å². The Morgan fingerprint density at radius 2 is 2.05 bits per heavy atom. The topological polar surface area (TPSA) is 94.5 Å². The first-order chi connectivity index (χ1) is 10.4. The van der Waals surface area contributed by atoms with Gasteiger partial charge in [0.2, 0.25) is 0 Å². The number of nitro benzene ring substituents is 1. The lowest BCUT2D eigenvalue weighted by Crippen LogP contribution is -2.07. The third kappa shape index (κ3) is 2.55. The van der Waals surface area contributed by atoms with E-state index < -0.39 is 10.9 Å². The molecule has 1 heterocycles. The molecule has 1 aromatic carbocycles. The van der Waals surface area contributed by atoms with Crippen LogP contribution < -0.4 is 0 Å². The number of fused-ring (bicyclic) bond motifs is 1. The Balaban J connectivity index is 2.91. The van der Waals surface area contributed by atoms with E-state index in [1.807, 2.05) is 13.8 Å². The number of methoxy groups -OCH3 is 2. The van der Waals surface area contributed by atoms with Gasteiger partial charge in [-0.25, -0.2) is 4.79 Å². The van der Waals surface area contributed by atoms with Crippen LogP contribution in [-0.2, 0) is 16.1 Å². The van der Waals surface area contributed by atoms with Gasteiger partial charge in [0, 0.05) is 12.8 Å². The Morgan fingerprint density at radius 3 is 2.55 bits per heavy atom. The van der Waals surface area contributed by atoms with E-state index in [4.69, 9.17) is 9.47 Å². The molecule has 0 spiro atoms. The molecule has 0 bridgehead atoms. The molecule has 7 heteroatoms. The maximum atomic E-state index is 12.2. The van der Waals surface area contributed by atoms with Crippen LogP contribution in [0.5, 0.6) is 0 Å². The summed E-state index contributed by atoms with van der Waals surface area (Å²) in [5, 5.41) is 11.8. The molecular formula is C15H18N2O5. The second-order valence-corrected chi connectivity index (χ2v) is 5.25. The minimum atomic E-state index is -0.590. The molecular weight excluding hydrogens is 288 g/mol. The van der Waals surface area contributed by atoms with Crippen molar-refractivity contribution in [2.45, 2.75) is 26.4 Å². The molecule has 0 aliphatic rings. The van der Waals surface area contributed by atoms with Gasteiger partial charge in [-0.2, -0.15) is 0 Å². The van der Waals surface area contributed by atoms with Gasteiger partial charge in [0.25, 0.3) is 5.69 Å². The van der Waals surface area contributed by atoms with Crippen molar-refractivity contribution in [3.05, 3.63) is 39.1 Å². The lowest BCUT2D eigenvalue weighted by Gasteiger charge is -2.07. The number of aromatic nitrogens is 1. The van der Waals surface area contributed by atoms with Gasteiger partial charge in [-0.3, -0.25) is 10.1 Å². The van der Waals surface area contributed by atoms with E-state index in [1.54, 1.807) is 12.1 Å². The summed E-state index contributed by atoms with van der Waals surface area (Å²) in [7, 11) is 2.72. The number of nitrogens with one attached hydrogen (secondary N) is 1. The van der Waals surface area contributed by atoms with Gasteiger partial charge in [-0.05, 0) is 18.1 Å². The molecule has 0 amide bonds. The average molecular weight is 306 g/mol. The quantitative estimate of drug-likeness (QED) is 0.520. The molecule has 0 unspecified atom stereocenters. The molecule has 22 heavy (non-hydrogen) atoms. The van der Waals surface area contributed by atoms with Gasteiger partial charge in [0.1, 0.15) is 0 Å². The van der Waals surface area contributed by atoms with E-state index in [9.17, 15) is 14.9 Å². The van der Waals surface area contributed by atoms with Crippen LogP contribution in [0.25, 0.3) is 10.9 Å². The molecule has 0 saturated heterocycles. The number of rotatable bonds is 5. The van der Waals surface area contributed by atoms with E-state index in [2.05, 4.69) is 4.98 Å². The highest BCUT2D eigenvalue weighted by Crippen LogP contribution is 2.37. The highest BCUT2D eigenvalue weighted by atomic mass is 16.6. The summed E-state index contributed by atoms with van der Waals surface area (Å²) in [6, 6.07) is 3.35. The molecule has 2 rings (SSSR count). The Hall–Kier alpha value is -2.41. The Bertz CT molecular complexity index is 733. The van der Waals surface area contributed by atoms with Gasteiger partial charge in [0.05, 0.1) is 40.7 Å². The molecule has 7 nitrogen and oxygen atoms in total. The van der Waals surface area contributed by atoms with Gasteiger partial charge >= 0.3 is 5.97 Å². The highest BCUT2D eigenvalue weighted by Gasteiger charge is 2.29. The molecule has 0 fully saturated rings. The fraction of sp³-hybridized carbons (Fsp3) is 0.400. The molecule has 118 valence electrons. The summed E-state index contributed by atoms with van der Waals surface area (Å²) in [4.78, 5) is 26.3. The van der Waals surface area contributed by atoms with Crippen LogP contribution in [-0.4, -0.2) is 30.1 Å². The van der Waals surface area contributed by atoms with Crippen molar-refractivity contribution < 1.29 is 19.2 Å². The standard InChI is InChI=1S/C15H18N2O5/c1-8(2)13-12(15(18)22-4)11-10(16-13)6-5-9(7-21-3)14(11)17(19)20/h5-6,8,16H,7H2,1-4H3. The fourth-order valence-electron chi connectivity index (χ4n) is 2.56. The number of esters is 1. The lowest BCUT2D eigenvalue weighted by molar-refractivity contribution is -0.384. The van der Waals surface area contributed by atoms with Gasteiger partial charge < -0.3 is 14.5 Å². The third-order valence-corrected chi connectivity index (χ3v) is 3.50. The van der Waals surface area contributed by atoms with Gasteiger partial charge in [-0.1, -0.05) is 13.8 Å². The molecule has 1 N–H and O–H groups in total. The third-order valence-electron chi connectivity index (χ3n) is 3.50. The number of aromatic amines is 1. The van der Waals surface area contributed by atoms with Crippen molar-refractivity contribution in [3.8, 4) is 0 Å². The molecule has 0 atom stereocenters. The van der Waals surface area contributed by atoms with E-state index in [0.717, 1.165) is 0 Å². The van der Waals surface area contributed by atoms with Crippen LogP contribution in [0, 0.1) is 10.1 Å². The number of carbonyl (C=O) groups is 1. The maximum Gasteiger partial charge on any atom is 0.340 e. The predicted octanol–water partition coefficient (Wildman–Crippen LogP) is 3.13. The second kappa shape index (κ2) is 6.15. The zero-order chi connectivity index (χ0) is 16.4. The van der Waals surface area contributed by atoms with Crippen molar-refractivity contribution in [3.63, 3.8) is 0 Å². The minimum Gasteiger partial charge on any atom is -0.465 e. The number of benzene rings is 1. The number of nitrogens with zero attached hydrogens (tertiary/aromatic N) is 1. The lowest BCUT2D eigenvalue weighted by atomic mass is 10.0. The van der Waals surface area contributed by atoms with Gasteiger partial charge in [0.15, 0.2) is 0 Å². The first-order valence-corrected chi connectivity index (χ1v) is 6.81. The van der Waals surface area contributed by atoms with Crippen LogP contribution in [0.3, 0.4) is 0 Å². The Morgan fingerprint density at radius 1 is 1.36 bits per heavy atom. The largest absolute Gasteiger partial charge is 0.465 e. The van der Waals surface area contributed by atoms with Crippen molar-refractivity contribution in [2.75, 3.05) is 14.2 Å². The summed E-state index contributed by atoms with van der Waals surface area (Å²) >= 11 is 0. The summed E-state index contributed by atoms with van der Waals surface area (Å²) < 4.78 is 9.83. The fourth-order valence-corrected chi connectivity index (χ4v) is 2.56. The number of H-pyrrole nitrogens is 1. The SMILES string of the molecule is COCc1ccc2[nH]c(C(C)C)c(C(=O)OC)c2c1[N+](=O)[O-]. The van der Waals surface area contributed by atoms with Crippen LogP contribution in [0.2, 0.25) is 0 Å². The van der Waals surface area contributed by atoms with Crippen LogP contribution in [0.1, 0.15) is 41.4 Å². The van der Waals surface area contributed by atoms with Crippen molar-refractivity contribution >= 4 is 22.6 Å². The predicted molar refractivity (Wildman–Crippen MR) is 81.1 cm³/mol. The van der Waals surface area contributed by atoms with Crippen LogP contribution in [0.4, 0.5) is 5.69 Å². The van der Waals surface area contributed by atoms with Crippen molar-refractivity contribution in [2.24, 2.45) is 0 Å². The second-order valence-electron chi connectivity index (χ2n) is 5.25. The summed E-state index contributed by atoms with van der Waals surface area (Å²) in [6.07, 6.45) is 0. The molecule has 0 saturated carbocycles. The van der Waals surface area contributed by atoms with Crippen LogP contribution in [0.15, 0.2) is 12.1 Å². The van der Waals surface area contributed by atoms with Gasteiger partial charge in [-0.15, -0.1) is 0 Å². The smallest absolute Gasteiger partial charge is 0.340 e. The van der Waals surface area contributed by atoms with E-state index >= 15 is 0 Å². The number of carbonyl (C=O) groups excluding carboxylic acids is 1. The first kappa shape index (κ1) is 16.0. The number of ether oxygens (including phenoxy) is 2. The number of hydrogen-bond acceptors (Lipinski definition) is 5. The monoisotopic (exact) mass is 306 g/mol. The maximum absolute atomic E-state index is 12.2. The van der Waals surface area contributed by atoms with Crippen molar-refractivity contribution in [1.82, 2.24) is 4.98 Å². The van der Waals surface area contributed by atoms with E-state index in [1.165, 1.54) is 14.2 Å². The van der Waals surface area contributed by atoms with E-state index in [0.29, 0.717) is 16.8 Å². The molecule has 0 aliphatic heterocycles.